The maximum absolute atomic E-state index is 14.7. The van der Waals surface area contributed by atoms with Crippen LogP contribution in [0.25, 0.3) is 0 Å². The van der Waals surface area contributed by atoms with Gasteiger partial charge in [0.15, 0.2) is 0 Å². The number of carbonyl (C=O) groups is 1. The first-order valence-electron chi connectivity index (χ1n) is 9.37. The van der Waals surface area contributed by atoms with Crippen LogP contribution in [0, 0.1) is 9.39 Å². The summed E-state index contributed by atoms with van der Waals surface area (Å²) in [5.74, 6) is -1.43. The molecule has 3 rings (SSSR count). The zero-order valence-electron chi connectivity index (χ0n) is 16.7. The van der Waals surface area contributed by atoms with Crippen molar-refractivity contribution >= 4 is 67.4 Å². The van der Waals surface area contributed by atoms with E-state index in [1.807, 2.05) is 24.3 Å². The van der Waals surface area contributed by atoms with Crippen molar-refractivity contribution < 1.29 is 17.6 Å². The Morgan fingerprint density at radius 3 is 2.38 bits per heavy atom. The average molecular weight is 607 g/mol. The van der Waals surface area contributed by atoms with Crippen LogP contribution in [0.2, 0.25) is 10.0 Å². The highest BCUT2D eigenvalue weighted by Crippen LogP contribution is 2.31. The molecule has 1 unspecified atom stereocenters. The van der Waals surface area contributed by atoms with Crippen LogP contribution >= 0.6 is 45.8 Å². The first-order valence-corrected chi connectivity index (χ1v) is 12.6. The molecule has 0 aromatic heterocycles. The van der Waals surface area contributed by atoms with Gasteiger partial charge in [-0.25, -0.2) is 12.8 Å². The lowest BCUT2D eigenvalue weighted by Crippen LogP contribution is -2.48. The second kappa shape index (κ2) is 10.4. The summed E-state index contributed by atoms with van der Waals surface area (Å²) in [5, 5.41) is 3.19. The number of amides is 1. The van der Waals surface area contributed by atoms with Crippen LogP contribution in [0.5, 0.6) is 0 Å². The lowest BCUT2D eigenvalue weighted by atomic mass is 10.2. The summed E-state index contributed by atoms with van der Waals surface area (Å²) < 4.78 is 43.4. The van der Waals surface area contributed by atoms with Crippen LogP contribution in [0.3, 0.4) is 0 Å². The minimum absolute atomic E-state index is 0.129. The van der Waals surface area contributed by atoms with E-state index >= 15 is 0 Å². The molecule has 5 nitrogen and oxygen atoms in total. The van der Waals surface area contributed by atoms with E-state index in [0.717, 1.165) is 19.5 Å². The number of carbonyl (C=O) groups excluding carboxylic acids is 1. The summed E-state index contributed by atoms with van der Waals surface area (Å²) in [7, 11) is -4.33. The molecule has 0 spiro atoms. The molecule has 0 aliphatic rings. The second-order valence-corrected chi connectivity index (χ2v) is 10.8. The van der Waals surface area contributed by atoms with E-state index in [1.165, 1.54) is 43.3 Å². The SMILES string of the molecule is CC(C(=O)NCc1cccc(I)c1)N(c1cc(Cl)ccc1F)S(=O)(=O)c1ccc(Cl)cc1. The predicted octanol–water partition coefficient (Wildman–Crippen LogP) is 5.64. The number of hydrogen-bond donors (Lipinski definition) is 1. The van der Waals surface area contributed by atoms with Gasteiger partial charge in [0.05, 0.1) is 10.6 Å². The van der Waals surface area contributed by atoms with Crippen molar-refractivity contribution in [2.75, 3.05) is 4.31 Å². The van der Waals surface area contributed by atoms with Gasteiger partial charge >= 0.3 is 0 Å². The van der Waals surface area contributed by atoms with Crippen molar-refractivity contribution in [2.24, 2.45) is 0 Å². The van der Waals surface area contributed by atoms with Crippen LogP contribution in [-0.4, -0.2) is 20.4 Å². The van der Waals surface area contributed by atoms with E-state index in [0.29, 0.717) is 5.02 Å². The van der Waals surface area contributed by atoms with Gasteiger partial charge in [-0.05, 0) is 89.7 Å². The fourth-order valence-corrected chi connectivity index (χ4v) is 5.53. The smallest absolute Gasteiger partial charge is 0.265 e. The van der Waals surface area contributed by atoms with E-state index in [-0.39, 0.29) is 22.2 Å². The molecule has 0 aliphatic heterocycles. The Labute approximate surface area is 209 Å². The Hall–Kier alpha value is -1.88. The summed E-state index contributed by atoms with van der Waals surface area (Å²) >= 11 is 14.0. The Morgan fingerprint density at radius 2 is 1.72 bits per heavy atom. The van der Waals surface area contributed by atoms with Gasteiger partial charge in [-0.1, -0.05) is 35.3 Å². The number of rotatable bonds is 7. The van der Waals surface area contributed by atoms with E-state index in [4.69, 9.17) is 23.2 Å². The number of anilines is 1. The number of benzene rings is 3. The number of sulfonamides is 1. The predicted molar refractivity (Wildman–Crippen MR) is 133 cm³/mol. The van der Waals surface area contributed by atoms with Gasteiger partial charge in [0, 0.05) is 20.2 Å². The van der Waals surface area contributed by atoms with Crippen molar-refractivity contribution in [1.29, 1.82) is 0 Å². The molecule has 3 aromatic rings. The van der Waals surface area contributed by atoms with Crippen molar-refractivity contribution in [1.82, 2.24) is 5.32 Å². The Balaban J connectivity index is 1.99. The third-order valence-electron chi connectivity index (χ3n) is 4.60. The molecular weight excluding hydrogens is 589 g/mol. The second-order valence-electron chi connectivity index (χ2n) is 6.87. The number of nitrogens with zero attached hydrogens (tertiary/aromatic N) is 1. The monoisotopic (exact) mass is 606 g/mol. The molecule has 0 saturated heterocycles. The first-order chi connectivity index (χ1) is 15.1. The summed E-state index contributed by atoms with van der Waals surface area (Å²) in [6.45, 7) is 1.57. The zero-order valence-corrected chi connectivity index (χ0v) is 21.2. The number of hydrogen-bond acceptors (Lipinski definition) is 3. The highest BCUT2D eigenvalue weighted by atomic mass is 127. The van der Waals surface area contributed by atoms with Crippen molar-refractivity contribution in [3.63, 3.8) is 0 Å². The van der Waals surface area contributed by atoms with Gasteiger partial charge in [-0.3, -0.25) is 9.10 Å². The van der Waals surface area contributed by atoms with Crippen LogP contribution in [0.1, 0.15) is 12.5 Å². The van der Waals surface area contributed by atoms with Gasteiger partial charge in [-0.2, -0.15) is 0 Å². The van der Waals surface area contributed by atoms with Crippen molar-refractivity contribution in [2.45, 2.75) is 24.4 Å². The van der Waals surface area contributed by atoms with Crippen LogP contribution < -0.4 is 9.62 Å². The van der Waals surface area contributed by atoms with E-state index < -0.39 is 27.8 Å². The minimum atomic E-state index is -4.33. The third kappa shape index (κ3) is 5.72. The third-order valence-corrected chi connectivity index (χ3v) is 7.66. The topological polar surface area (TPSA) is 66.5 Å². The molecule has 0 fully saturated rings. The Kier molecular flexibility index (Phi) is 8.02. The summed E-state index contributed by atoms with van der Waals surface area (Å²) in [6.07, 6.45) is 0. The summed E-state index contributed by atoms with van der Waals surface area (Å²) in [5.41, 5.74) is 0.517. The van der Waals surface area contributed by atoms with E-state index in [9.17, 15) is 17.6 Å². The van der Waals surface area contributed by atoms with Crippen LogP contribution in [0.15, 0.2) is 71.6 Å². The molecule has 1 N–H and O–H groups in total. The van der Waals surface area contributed by atoms with Gasteiger partial charge in [0.25, 0.3) is 10.0 Å². The Morgan fingerprint density at radius 1 is 1.06 bits per heavy atom. The largest absolute Gasteiger partial charge is 0.350 e. The molecule has 0 heterocycles. The van der Waals surface area contributed by atoms with Gasteiger partial charge in [0.2, 0.25) is 5.91 Å². The minimum Gasteiger partial charge on any atom is -0.350 e. The molecule has 1 amide bonds. The molecular formula is C22H18Cl2FIN2O3S. The lowest BCUT2D eigenvalue weighted by molar-refractivity contribution is -0.122. The summed E-state index contributed by atoms with van der Waals surface area (Å²) in [6, 6.07) is 15.2. The maximum atomic E-state index is 14.7. The van der Waals surface area contributed by atoms with Gasteiger partial charge in [0.1, 0.15) is 11.9 Å². The molecule has 0 saturated carbocycles. The van der Waals surface area contributed by atoms with Gasteiger partial charge < -0.3 is 5.32 Å². The molecule has 0 bridgehead atoms. The van der Waals surface area contributed by atoms with Crippen molar-refractivity contribution in [3.8, 4) is 0 Å². The maximum Gasteiger partial charge on any atom is 0.265 e. The standard InChI is InChI=1S/C22H18Cl2FIN2O3S/c1-14(22(29)27-13-15-3-2-4-18(26)11-15)28(21-12-17(24)7-10-20(21)25)32(30,31)19-8-5-16(23)6-9-19/h2-12,14H,13H2,1H3,(H,27,29). The molecule has 1 atom stereocenters. The summed E-state index contributed by atoms with van der Waals surface area (Å²) in [4.78, 5) is 12.8. The molecule has 3 aromatic carbocycles. The quantitative estimate of drug-likeness (QED) is 0.354. The normalized spacial score (nSPS) is 12.3. The molecule has 0 radical (unpaired) electrons. The van der Waals surface area contributed by atoms with Crippen LogP contribution in [-0.2, 0) is 21.4 Å². The molecule has 10 heteroatoms. The fraction of sp³-hybridized carbons (Fsp3) is 0.136. The highest BCUT2D eigenvalue weighted by molar-refractivity contribution is 14.1. The Bertz CT molecular complexity index is 1240. The first kappa shape index (κ1) is 24.8. The average Bonchev–Trinajstić information content (AvgIpc) is 2.74. The van der Waals surface area contributed by atoms with Crippen LogP contribution in [0.4, 0.5) is 10.1 Å². The van der Waals surface area contributed by atoms with E-state index in [2.05, 4.69) is 27.9 Å². The molecule has 168 valence electrons. The van der Waals surface area contributed by atoms with Crippen molar-refractivity contribution in [3.05, 3.63) is 91.7 Å². The van der Waals surface area contributed by atoms with E-state index in [1.54, 1.807) is 0 Å². The molecule has 32 heavy (non-hydrogen) atoms. The fourth-order valence-electron chi connectivity index (χ4n) is 3.01. The number of halogens is 4. The lowest BCUT2D eigenvalue weighted by Gasteiger charge is -2.30. The molecule has 0 aliphatic carbocycles. The number of nitrogens with one attached hydrogen (secondary N) is 1. The zero-order chi connectivity index (χ0) is 23.5. The highest BCUT2D eigenvalue weighted by Gasteiger charge is 2.35. The van der Waals surface area contributed by atoms with Gasteiger partial charge in [-0.15, -0.1) is 0 Å².